The van der Waals surface area contributed by atoms with Crippen molar-refractivity contribution in [2.45, 2.75) is 33.4 Å². The number of aromatic nitrogens is 1. The summed E-state index contributed by atoms with van der Waals surface area (Å²) in [4.78, 5) is 8.11. The van der Waals surface area contributed by atoms with Crippen LogP contribution in [0.2, 0.25) is 0 Å². The normalized spacial score (nSPS) is 12.8. The lowest BCUT2D eigenvalue weighted by molar-refractivity contribution is 0.183. The van der Waals surface area contributed by atoms with E-state index in [2.05, 4.69) is 43.0 Å². The van der Waals surface area contributed by atoms with Crippen LogP contribution in [0.5, 0.6) is 0 Å². The molecule has 1 aromatic rings. The van der Waals surface area contributed by atoms with Crippen LogP contribution in [-0.2, 0) is 11.3 Å². The van der Waals surface area contributed by atoms with Crippen molar-refractivity contribution in [3.05, 3.63) is 10.6 Å². The summed E-state index contributed by atoms with van der Waals surface area (Å²) in [6.07, 6.45) is 0. The van der Waals surface area contributed by atoms with Gasteiger partial charge in [0.15, 0.2) is 5.13 Å². The van der Waals surface area contributed by atoms with Crippen LogP contribution in [-0.4, -0.2) is 38.3 Å². The van der Waals surface area contributed by atoms with E-state index in [1.54, 1.807) is 18.4 Å². The number of nitrogens with one attached hydrogen (secondary N) is 1. The standard InChI is InChI=1S/C12H23N3OS/c1-6-13-7-11-10(3)14-12(17-11)15(4)9(2)8-16-5/h9,13H,6-8H2,1-5H3. The lowest BCUT2D eigenvalue weighted by atomic mass is 10.3. The molecule has 5 heteroatoms. The van der Waals surface area contributed by atoms with E-state index in [-0.39, 0.29) is 0 Å². The van der Waals surface area contributed by atoms with Crippen molar-refractivity contribution in [1.82, 2.24) is 10.3 Å². The number of hydrogen-bond donors (Lipinski definition) is 1. The Morgan fingerprint density at radius 3 is 2.82 bits per heavy atom. The molecule has 0 radical (unpaired) electrons. The van der Waals surface area contributed by atoms with Crippen LogP contribution in [0.15, 0.2) is 0 Å². The van der Waals surface area contributed by atoms with Gasteiger partial charge in [0, 0.05) is 25.6 Å². The zero-order chi connectivity index (χ0) is 12.8. The van der Waals surface area contributed by atoms with Crippen molar-refractivity contribution in [3.63, 3.8) is 0 Å². The third-order valence-corrected chi connectivity index (χ3v) is 4.04. The molecular weight excluding hydrogens is 234 g/mol. The average Bonchev–Trinajstić information content (AvgIpc) is 2.67. The van der Waals surface area contributed by atoms with E-state index in [1.807, 2.05) is 0 Å². The van der Waals surface area contributed by atoms with Crippen LogP contribution in [0.3, 0.4) is 0 Å². The third-order valence-electron chi connectivity index (χ3n) is 2.79. The van der Waals surface area contributed by atoms with E-state index < -0.39 is 0 Å². The number of ether oxygens (including phenoxy) is 1. The number of methoxy groups -OCH3 is 1. The number of nitrogens with zero attached hydrogens (tertiary/aromatic N) is 2. The van der Waals surface area contributed by atoms with Crippen LogP contribution >= 0.6 is 11.3 Å². The van der Waals surface area contributed by atoms with Crippen molar-refractivity contribution >= 4 is 16.5 Å². The molecule has 4 nitrogen and oxygen atoms in total. The fourth-order valence-corrected chi connectivity index (χ4v) is 2.60. The minimum Gasteiger partial charge on any atom is -0.383 e. The molecule has 0 aliphatic heterocycles. The molecular formula is C12H23N3OS. The van der Waals surface area contributed by atoms with Crippen molar-refractivity contribution < 1.29 is 4.74 Å². The Kier molecular flexibility index (Phi) is 5.88. The highest BCUT2D eigenvalue weighted by atomic mass is 32.1. The van der Waals surface area contributed by atoms with E-state index in [4.69, 9.17) is 4.74 Å². The van der Waals surface area contributed by atoms with Gasteiger partial charge in [-0.1, -0.05) is 6.92 Å². The van der Waals surface area contributed by atoms with Crippen LogP contribution in [0, 0.1) is 6.92 Å². The number of aryl methyl sites for hydroxylation is 1. The summed E-state index contributed by atoms with van der Waals surface area (Å²) in [6, 6.07) is 0.345. The molecule has 0 spiro atoms. The first-order chi connectivity index (χ1) is 8.10. The van der Waals surface area contributed by atoms with Gasteiger partial charge in [0.25, 0.3) is 0 Å². The molecule has 1 heterocycles. The Morgan fingerprint density at radius 2 is 2.24 bits per heavy atom. The van der Waals surface area contributed by atoms with Gasteiger partial charge in [0.05, 0.1) is 18.3 Å². The molecule has 0 aliphatic rings. The number of rotatable bonds is 7. The Labute approximate surface area is 108 Å². The highest BCUT2D eigenvalue weighted by Crippen LogP contribution is 2.26. The summed E-state index contributed by atoms with van der Waals surface area (Å²) in [6.45, 7) is 8.95. The van der Waals surface area contributed by atoms with Crippen molar-refractivity contribution in [3.8, 4) is 0 Å². The summed E-state index contributed by atoms with van der Waals surface area (Å²) in [5.74, 6) is 0. The second-order valence-electron chi connectivity index (χ2n) is 4.20. The first-order valence-electron chi connectivity index (χ1n) is 5.98. The largest absolute Gasteiger partial charge is 0.383 e. The van der Waals surface area contributed by atoms with E-state index >= 15 is 0 Å². The maximum absolute atomic E-state index is 5.17. The molecule has 98 valence electrons. The summed E-state index contributed by atoms with van der Waals surface area (Å²) in [7, 11) is 3.80. The second kappa shape index (κ2) is 6.93. The fourth-order valence-electron chi connectivity index (χ4n) is 1.51. The highest BCUT2D eigenvalue weighted by molar-refractivity contribution is 7.15. The molecule has 1 unspecified atom stereocenters. The zero-order valence-corrected chi connectivity index (χ0v) is 12.2. The lowest BCUT2D eigenvalue weighted by Gasteiger charge is -2.23. The maximum Gasteiger partial charge on any atom is 0.185 e. The van der Waals surface area contributed by atoms with Crippen LogP contribution < -0.4 is 10.2 Å². The Hall–Kier alpha value is -0.650. The van der Waals surface area contributed by atoms with Crippen molar-refractivity contribution in [1.29, 1.82) is 0 Å². The lowest BCUT2D eigenvalue weighted by Crippen LogP contribution is -2.32. The van der Waals surface area contributed by atoms with E-state index in [0.29, 0.717) is 6.04 Å². The zero-order valence-electron chi connectivity index (χ0n) is 11.4. The molecule has 0 aromatic carbocycles. The summed E-state index contributed by atoms with van der Waals surface area (Å²) >= 11 is 1.76. The number of anilines is 1. The second-order valence-corrected chi connectivity index (χ2v) is 5.26. The van der Waals surface area contributed by atoms with Gasteiger partial charge in [-0.15, -0.1) is 11.3 Å². The van der Waals surface area contributed by atoms with Gasteiger partial charge in [-0.05, 0) is 20.4 Å². The van der Waals surface area contributed by atoms with Crippen LogP contribution in [0.1, 0.15) is 24.4 Å². The Bertz CT molecular complexity index is 340. The topological polar surface area (TPSA) is 37.4 Å². The third kappa shape index (κ3) is 3.94. The molecule has 0 saturated carbocycles. The first-order valence-corrected chi connectivity index (χ1v) is 6.80. The maximum atomic E-state index is 5.17. The fraction of sp³-hybridized carbons (Fsp3) is 0.750. The molecule has 0 saturated heterocycles. The molecule has 1 N–H and O–H groups in total. The molecule has 0 aliphatic carbocycles. The van der Waals surface area contributed by atoms with Gasteiger partial charge < -0.3 is 15.0 Å². The monoisotopic (exact) mass is 257 g/mol. The van der Waals surface area contributed by atoms with Gasteiger partial charge in [0.2, 0.25) is 0 Å². The molecule has 17 heavy (non-hydrogen) atoms. The van der Waals surface area contributed by atoms with E-state index in [9.17, 15) is 0 Å². The van der Waals surface area contributed by atoms with Gasteiger partial charge in [0.1, 0.15) is 0 Å². The number of thiazole rings is 1. The summed E-state index contributed by atoms with van der Waals surface area (Å²) < 4.78 is 5.17. The van der Waals surface area contributed by atoms with E-state index in [1.165, 1.54) is 4.88 Å². The highest BCUT2D eigenvalue weighted by Gasteiger charge is 2.15. The molecule has 0 amide bonds. The van der Waals surface area contributed by atoms with Crippen molar-refractivity contribution in [2.75, 3.05) is 32.2 Å². The van der Waals surface area contributed by atoms with Gasteiger partial charge in [-0.3, -0.25) is 0 Å². The smallest absolute Gasteiger partial charge is 0.185 e. The Balaban J connectivity index is 2.71. The minimum absolute atomic E-state index is 0.345. The van der Waals surface area contributed by atoms with Gasteiger partial charge in [-0.25, -0.2) is 4.98 Å². The molecule has 0 fully saturated rings. The van der Waals surface area contributed by atoms with E-state index in [0.717, 1.165) is 30.5 Å². The van der Waals surface area contributed by atoms with Crippen LogP contribution in [0.4, 0.5) is 5.13 Å². The first kappa shape index (κ1) is 14.4. The predicted molar refractivity (Wildman–Crippen MR) is 74.0 cm³/mol. The summed E-state index contributed by atoms with van der Waals surface area (Å²) in [5, 5.41) is 4.41. The molecule has 1 rings (SSSR count). The Morgan fingerprint density at radius 1 is 1.53 bits per heavy atom. The average molecular weight is 257 g/mol. The van der Waals surface area contributed by atoms with Gasteiger partial charge >= 0.3 is 0 Å². The molecule has 1 aromatic heterocycles. The van der Waals surface area contributed by atoms with Gasteiger partial charge in [-0.2, -0.15) is 0 Å². The number of likely N-dealkylation sites (N-methyl/N-ethyl adjacent to an activating group) is 1. The quantitative estimate of drug-likeness (QED) is 0.811. The number of hydrogen-bond acceptors (Lipinski definition) is 5. The SMILES string of the molecule is CCNCc1sc(N(C)C(C)COC)nc1C. The van der Waals surface area contributed by atoms with Crippen molar-refractivity contribution in [2.24, 2.45) is 0 Å². The predicted octanol–water partition coefficient (Wildman–Crippen LogP) is 2.03. The molecule has 0 bridgehead atoms. The molecule has 1 atom stereocenters. The summed E-state index contributed by atoms with van der Waals surface area (Å²) in [5.41, 5.74) is 1.13. The van der Waals surface area contributed by atoms with Crippen LogP contribution in [0.25, 0.3) is 0 Å². The minimum atomic E-state index is 0.345.